The van der Waals surface area contributed by atoms with Crippen LogP contribution in [0.4, 0.5) is 10.6 Å². The number of aromatic nitrogens is 2. The van der Waals surface area contributed by atoms with E-state index >= 15 is 0 Å². The number of carbonyl (C=O) groups excluding carboxylic acids is 1. The Balaban J connectivity index is 1.40. The summed E-state index contributed by atoms with van der Waals surface area (Å²) in [7, 11) is -6.48. The number of anilines is 1. The van der Waals surface area contributed by atoms with E-state index in [1.54, 1.807) is 6.07 Å². The number of thiophene rings is 1. The number of amides is 1. The maximum atomic E-state index is 14.0. The van der Waals surface area contributed by atoms with Crippen LogP contribution in [0.25, 0.3) is 0 Å². The molecule has 1 aliphatic heterocycles. The van der Waals surface area contributed by atoms with Gasteiger partial charge in [0, 0.05) is 24.7 Å². The minimum absolute atomic E-state index is 0.106. The molecule has 0 bridgehead atoms. The van der Waals surface area contributed by atoms with Gasteiger partial charge in [0.25, 0.3) is 0 Å². The Labute approximate surface area is 293 Å². The highest BCUT2D eigenvalue weighted by molar-refractivity contribution is 7.84. The molecule has 4 N–H and O–H groups in total. The minimum atomic E-state index is -4.15. The summed E-state index contributed by atoms with van der Waals surface area (Å²) < 4.78 is 35.8. The number of fused-ring (bicyclic) bond motifs is 1. The lowest BCUT2D eigenvalue weighted by Gasteiger charge is -2.45. The first kappa shape index (κ1) is 37.1. The van der Waals surface area contributed by atoms with Gasteiger partial charge in [0.15, 0.2) is 0 Å². The van der Waals surface area contributed by atoms with Crippen LogP contribution in [0.5, 0.6) is 0 Å². The molecule has 0 radical (unpaired) electrons. The Morgan fingerprint density at radius 3 is 2.47 bits per heavy atom. The number of ketones is 1. The summed E-state index contributed by atoms with van der Waals surface area (Å²) in [4.78, 5) is 36.7. The monoisotopic (exact) mass is 729 g/mol. The third-order valence-electron chi connectivity index (χ3n) is 10.1. The Morgan fingerprint density at radius 2 is 1.82 bits per heavy atom. The molecule has 0 spiro atoms. The van der Waals surface area contributed by atoms with Crippen molar-refractivity contribution in [3.8, 4) is 0 Å². The van der Waals surface area contributed by atoms with Gasteiger partial charge >= 0.3 is 16.4 Å². The second-order valence-corrected chi connectivity index (χ2v) is 21.5. The highest BCUT2D eigenvalue weighted by Crippen LogP contribution is 2.46. The van der Waals surface area contributed by atoms with Crippen LogP contribution in [0.1, 0.15) is 92.4 Å². The van der Waals surface area contributed by atoms with E-state index in [9.17, 15) is 23.1 Å². The number of carboxylic acid groups (broad SMARTS) is 1. The highest BCUT2D eigenvalue weighted by Gasteiger charge is 2.49. The van der Waals surface area contributed by atoms with Crippen molar-refractivity contribution in [1.29, 1.82) is 0 Å². The van der Waals surface area contributed by atoms with E-state index < -0.39 is 30.8 Å². The van der Waals surface area contributed by atoms with Gasteiger partial charge in [0.05, 0.1) is 29.2 Å². The summed E-state index contributed by atoms with van der Waals surface area (Å²) in [6.45, 7) is 13.5. The number of hydrogen-bond acceptors (Lipinski definition) is 10. The third kappa shape index (κ3) is 7.91. The molecule has 1 saturated carbocycles. The normalized spacial score (nSPS) is 21.4. The molecule has 3 heterocycles. The predicted molar refractivity (Wildman–Crippen MR) is 192 cm³/mol. The molecule has 0 unspecified atom stereocenters. The number of nitrogens with zero attached hydrogens (tertiary/aromatic N) is 3. The maximum absolute atomic E-state index is 14.0. The van der Waals surface area contributed by atoms with Crippen LogP contribution in [-0.4, -0.2) is 73.9 Å². The molecule has 1 aliphatic carbocycles. The zero-order chi connectivity index (χ0) is 35.7. The lowest BCUT2D eigenvalue weighted by molar-refractivity contribution is 0.103. The van der Waals surface area contributed by atoms with Gasteiger partial charge in [-0.15, -0.1) is 11.3 Å². The van der Waals surface area contributed by atoms with E-state index in [4.69, 9.17) is 13.7 Å². The van der Waals surface area contributed by atoms with Gasteiger partial charge in [-0.3, -0.25) is 13.9 Å². The van der Waals surface area contributed by atoms with E-state index in [-0.39, 0.29) is 36.0 Å². The largest absolute Gasteiger partial charge is 0.465 e. The summed E-state index contributed by atoms with van der Waals surface area (Å²) in [6.07, 6.45) is 3.27. The number of nitrogens with one attached hydrogen (secondary N) is 1. The number of nitrogens with two attached hydrogens (primary N) is 1. The molecule has 2 aliphatic rings. The van der Waals surface area contributed by atoms with Crippen molar-refractivity contribution in [2.75, 3.05) is 18.5 Å². The maximum Gasteiger partial charge on any atom is 0.408 e. The molecule has 0 saturated heterocycles. The van der Waals surface area contributed by atoms with E-state index in [1.165, 1.54) is 28.8 Å². The zero-order valence-corrected chi connectivity index (χ0v) is 31.5. The van der Waals surface area contributed by atoms with Crippen molar-refractivity contribution < 1.29 is 31.7 Å². The van der Waals surface area contributed by atoms with Gasteiger partial charge < -0.3 is 14.8 Å². The lowest BCUT2D eigenvalue weighted by atomic mass is 9.89. The summed E-state index contributed by atoms with van der Waals surface area (Å²) in [6, 6.07) is 8.85. The van der Waals surface area contributed by atoms with Crippen LogP contribution < -0.4 is 10.5 Å². The molecule has 12 nitrogen and oxygen atoms in total. The van der Waals surface area contributed by atoms with Gasteiger partial charge in [-0.2, -0.15) is 8.42 Å². The molecular formula is C34H47N5O7S2Si. The zero-order valence-electron chi connectivity index (χ0n) is 28.8. The lowest BCUT2D eigenvalue weighted by Crippen LogP contribution is -2.51. The third-order valence-corrected chi connectivity index (χ3v) is 17.7. The van der Waals surface area contributed by atoms with Crippen molar-refractivity contribution in [2.45, 2.75) is 95.6 Å². The molecule has 1 aromatic carbocycles. The molecule has 3 aromatic rings. The van der Waals surface area contributed by atoms with Gasteiger partial charge in [-0.25, -0.2) is 19.9 Å². The van der Waals surface area contributed by atoms with Crippen molar-refractivity contribution in [1.82, 2.24) is 14.9 Å². The van der Waals surface area contributed by atoms with E-state index in [2.05, 4.69) is 56.8 Å². The first-order valence-electron chi connectivity index (χ1n) is 16.7. The Bertz CT molecular complexity index is 1740. The minimum Gasteiger partial charge on any atom is -0.465 e. The summed E-state index contributed by atoms with van der Waals surface area (Å²) in [5, 5.41) is 20.5. The number of benzene rings is 1. The second-order valence-electron chi connectivity index (χ2n) is 14.0. The Hall–Kier alpha value is -3.21. The average Bonchev–Trinajstić information content (AvgIpc) is 3.68. The summed E-state index contributed by atoms with van der Waals surface area (Å²) in [5.41, 5.74) is 4.00. The molecule has 5 rings (SSSR count). The first-order chi connectivity index (χ1) is 23.1. The fourth-order valence-electron chi connectivity index (χ4n) is 8.06. The van der Waals surface area contributed by atoms with Crippen molar-refractivity contribution in [3.05, 3.63) is 75.4 Å². The van der Waals surface area contributed by atoms with Gasteiger partial charge in [-0.1, -0.05) is 65.8 Å². The topological polar surface area (TPSA) is 174 Å². The molecular weight excluding hydrogens is 683 g/mol. The number of rotatable bonds is 13. The van der Waals surface area contributed by atoms with E-state index in [0.29, 0.717) is 53.1 Å². The van der Waals surface area contributed by atoms with E-state index in [0.717, 1.165) is 16.7 Å². The standard InChI is InChI=1S/C34H47N5O7S2Si/c1-20(2)49(21(3)4,22(5)6)46-29-15-26(13-24(29)17-45-48(35,43)44)38-33-28(16-36-19-37-33)32(40)30-14-25(18-47-30)31-27-10-8-7-9-23(27)11-12-39(31)34(41)42/h7-10,14,16,18-22,24,26,29,31H,11-13,15,17H2,1-6H3,(H,41,42)(H2,35,43,44)(H,36,37,38)/t24-,26-,29+,31-/m1/s1. The van der Waals surface area contributed by atoms with Crippen LogP contribution in [-0.2, 0) is 25.3 Å². The molecule has 1 amide bonds. The fraction of sp³-hybridized carbons (Fsp3) is 0.529. The van der Waals surface area contributed by atoms with Crippen LogP contribution >= 0.6 is 11.3 Å². The summed E-state index contributed by atoms with van der Waals surface area (Å²) >= 11 is 1.26. The van der Waals surface area contributed by atoms with Crippen LogP contribution in [0, 0.1) is 5.92 Å². The van der Waals surface area contributed by atoms with Crippen molar-refractivity contribution in [2.24, 2.45) is 11.1 Å². The average molecular weight is 730 g/mol. The molecule has 49 heavy (non-hydrogen) atoms. The molecule has 15 heteroatoms. The van der Waals surface area contributed by atoms with Crippen LogP contribution in [0.15, 0.2) is 48.2 Å². The van der Waals surface area contributed by atoms with Gasteiger partial charge in [0.2, 0.25) is 14.1 Å². The quantitative estimate of drug-likeness (QED) is 0.133. The second kappa shape index (κ2) is 15.0. The fourth-order valence-corrected chi connectivity index (χ4v) is 14.9. The Morgan fingerprint density at radius 1 is 1.12 bits per heavy atom. The smallest absolute Gasteiger partial charge is 0.408 e. The predicted octanol–water partition coefficient (Wildman–Crippen LogP) is 6.37. The molecule has 4 atom stereocenters. The summed E-state index contributed by atoms with van der Waals surface area (Å²) in [5.74, 6) is -0.173. The number of carbonyl (C=O) groups is 2. The molecule has 266 valence electrons. The molecule has 1 fully saturated rings. The number of hydrogen-bond donors (Lipinski definition) is 3. The van der Waals surface area contributed by atoms with Crippen LogP contribution in [0.3, 0.4) is 0 Å². The highest BCUT2D eigenvalue weighted by atomic mass is 32.2. The van der Waals surface area contributed by atoms with Gasteiger partial charge in [-0.05, 0) is 64.0 Å². The van der Waals surface area contributed by atoms with Crippen molar-refractivity contribution in [3.63, 3.8) is 0 Å². The van der Waals surface area contributed by atoms with Crippen molar-refractivity contribution >= 4 is 47.7 Å². The Kier molecular flexibility index (Phi) is 11.3. The SMILES string of the molecule is CC(C)[Si](O[C@H]1C[C@H](Nc2ncncc2C(=O)c2cc([C@@H]3c4ccccc4CCN3C(=O)O)cs2)C[C@@H]1COS(N)(=O)=O)(C(C)C)C(C)C. The van der Waals surface area contributed by atoms with E-state index in [1.807, 2.05) is 29.6 Å². The first-order valence-corrected chi connectivity index (χ1v) is 21.2. The molecule has 2 aromatic heterocycles. The van der Waals surface area contributed by atoms with Crippen LogP contribution in [0.2, 0.25) is 16.6 Å². The van der Waals surface area contributed by atoms with Gasteiger partial charge in [0.1, 0.15) is 12.1 Å².